The molecule has 3 nitrogen and oxygen atoms in total. The van der Waals surface area contributed by atoms with Crippen LogP contribution in [0.4, 0.5) is 11.4 Å². The van der Waals surface area contributed by atoms with Crippen molar-refractivity contribution >= 4 is 44.8 Å². The highest BCUT2D eigenvalue weighted by atomic mass is 79.9. The maximum absolute atomic E-state index is 12.0. The zero-order valence-electron chi connectivity index (χ0n) is 10.9. The second-order valence-electron chi connectivity index (χ2n) is 4.56. The fraction of sp³-hybridized carbons (Fsp3) is 0.133. The van der Waals surface area contributed by atoms with Crippen molar-refractivity contribution in [3.63, 3.8) is 0 Å². The Morgan fingerprint density at radius 1 is 1.30 bits per heavy atom. The van der Waals surface area contributed by atoms with Gasteiger partial charge in [0.2, 0.25) is 5.91 Å². The van der Waals surface area contributed by atoms with E-state index in [0.29, 0.717) is 16.4 Å². The van der Waals surface area contributed by atoms with Gasteiger partial charge in [0.1, 0.15) is 0 Å². The number of carbonyl (C=O) groups is 1. The normalized spacial score (nSPS) is 10.3. The Kier molecular flexibility index (Phi) is 4.68. The number of benzene rings is 2. The average molecular weight is 354 g/mol. The Morgan fingerprint density at radius 3 is 2.55 bits per heavy atom. The molecule has 0 fully saturated rings. The minimum absolute atomic E-state index is 0.122. The average Bonchev–Trinajstić information content (AvgIpc) is 2.36. The van der Waals surface area contributed by atoms with Crippen molar-refractivity contribution in [2.24, 2.45) is 0 Å². The number of halogens is 2. The van der Waals surface area contributed by atoms with E-state index in [-0.39, 0.29) is 12.3 Å². The molecule has 0 atom stereocenters. The first-order chi connectivity index (χ1) is 9.45. The lowest BCUT2D eigenvalue weighted by molar-refractivity contribution is -0.115. The fourth-order valence-corrected chi connectivity index (χ4v) is 2.69. The molecule has 20 heavy (non-hydrogen) atoms. The van der Waals surface area contributed by atoms with Crippen LogP contribution in [0, 0.1) is 6.92 Å². The van der Waals surface area contributed by atoms with E-state index < -0.39 is 0 Å². The summed E-state index contributed by atoms with van der Waals surface area (Å²) in [5.41, 5.74) is 9.00. The molecular weight excluding hydrogens is 340 g/mol. The Labute approximate surface area is 131 Å². The Hall–Kier alpha value is -1.52. The highest BCUT2D eigenvalue weighted by Gasteiger charge is 2.10. The summed E-state index contributed by atoms with van der Waals surface area (Å²) in [6.07, 6.45) is 0.275. The van der Waals surface area contributed by atoms with Crippen molar-refractivity contribution in [3.05, 3.63) is 57.0 Å². The van der Waals surface area contributed by atoms with Gasteiger partial charge in [-0.15, -0.1) is 0 Å². The quantitative estimate of drug-likeness (QED) is 0.814. The zero-order chi connectivity index (χ0) is 14.7. The fourth-order valence-electron chi connectivity index (χ4n) is 1.87. The van der Waals surface area contributed by atoms with E-state index in [4.69, 9.17) is 17.3 Å². The van der Waals surface area contributed by atoms with E-state index in [1.165, 1.54) is 0 Å². The molecule has 0 saturated heterocycles. The molecule has 1 amide bonds. The summed E-state index contributed by atoms with van der Waals surface area (Å²) in [5, 5.41) is 3.48. The van der Waals surface area contributed by atoms with E-state index in [1.54, 1.807) is 12.1 Å². The van der Waals surface area contributed by atoms with Crippen molar-refractivity contribution in [1.82, 2.24) is 0 Å². The summed E-state index contributed by atoms with van der Waals surface area (Å²) < 4.78 is 0.777. The number of nitrogens with two attached hydrogens (primary N) is 1. The van der Waals surface area contributed by atoms with E-state index in [0.717, 1.165) is 15.6 Å². The van der Waals surface area contributed by atoms with Gasteiger partial charge in [-0.2, -0.15) is 0 Å². The third-order valence-corrected chi connectivity index (χ3v) is 3.68. The molecule has 0 aliphatic rings. The first kappa shape index (κ1) is 14.9. The number of rotatable bonds is 3. The van der Waals surface area contributed by atoms with Crippen LogP contribution in [0.1, 0.15) is 11.1 Å². The van der Waals surface area contributed by atoms with Gasteiger partial charge in [0.15, 0.2) is 0 Å². The number of aryl methyl sites for hydroxylation is 1. The molecule has 0 heterocycles. The molecule has 0 unspecified atom stereocenters. The van der Waals surface area contributed by atoms with Crippen LogP contribution in [0.25, 0.3) is 0 Å². The minimum atomic E-state index is -0.122. The van der Waals surface area contributed by atoms with E-state index in [2.05, 4.69) is 21.2 Å². The molecule has 2 aromatic rings. The number of hydrogen-bond donors (Lipinski definition) is 2. The molecule has 0 aromatic heterocycles. The lowest BCUT2D eigenvalue weighted by Gasteiger charge is -2.11. The minimum Gasteiger partial charge on any atom is -0.397 e. The monoisotopic (exact) mass is 352 g/mol. The van der Waals surface area contributed by atoms with Gasteiger partial charge in [0, 0.05) is 9.50 Å². The predicted molar refractivity (Wildman–Crippen MR) is 87.1 cm³/mol. The van der Waals surface area contributed by atoms with Crippen molar-refractivity contribution in [3.8, 4) is 0 Å². The van der Waals surface area contributed by atoms with Gasteiger partial charge < -0.3 is 11.1 Å². The second-order valence-corrected chi connectivity index (χ2v) is 5.85. The van der Waals surface area contributed by atoms with E-state index in [9.17, 15) is 4.79 Å². The molecule has 5 heteroatoms. The molecule has 2 aromatic carbocycles. The number of amides is 1. The Balaban J connectivity index is 2.10. The van der Waals surface area contributed by atoms with Gasteiger partial charge in [0.05, 0.1) is 17.8 Å². The molecular formula is C15H14BrClN2O. The second kappa shape index (κ2) is 6.29. The van der Waals surface area contributed by atoms with Gasteiger partial charge in [-0.25, -0.2) is 0 Å². The first-order valence-corrected chi connectivity index (χ1v) is 7.22. The summed E-state index contributed by atoms with van der Waals surface area (Å²) >= 11 is 9.22. The van der Waals surface area contributed by atoms with E-state index >= 15 is 0 Å². The van der Waals surface area contributed by atoms with Crippen LogP contribution in [0.2, 0.25) is 5.02 Å². The van der Waals surface area contributed by atoms with Crippen LogP contribution < -0.4 is 11.1 Å². The summed E-state index contributed by atoms with van der Waals surface area (Å²) in [6, 6.07) is 10.9. The molecule has 0 aliphatic heterocycles. The Bertz CT molecular complexity index is 618. The lowest BCUT2D eigenvalue weighted by Crippen LogP contribution is -2.16. The van der Waals surface area contributed by atoms with Crippen molar-refractivity contribution in [2.45, 2.75) is 13.3 Å². The zero-order valence-corrected chi connectivity index (χ0v) is 13.3. The van der Waals surface area contributed by atoms with Crippen LogP contribution in [-0.2, 0) is 11.2 Å². The van der Waals surface area contributed by atoms with Gasteiger partial charge in [-0.3, -0.25) is 4.79 Å². The molecule has 0 bridgehead atoms. The van der Waals surface area contributed by atoms with Gasteiger partial charge in [-0.05, 0) is 58.2 Å². The summed E-state index contributed by atoms with van der Waals surface area (Å²) in [5.74, 6) is -0.122. The van der Waals surface area contributed by atoms with Crippen LogP contribution >= 0.6 is 27.5 Å². The smallest absolute Gasteiger partial charge is 0.228 e. The molecule has 0 aliphatic carbocycles. The van der Waals surface area contributed by atoms with E-state index in [1.807, 2.05) is 31.2 Å². The molecule has 0 radical (unpaired) electrons. The maximum atomic E-state index is 12.0. The lowest BCUT2D eigenvalue weighted by atomic mass is 10.1. The largest absolute Gasteiger partial charge is 0.397 e. The predicted octanol–water partition coefficient (Wildman–Crippen LogP) is 4.17. The number of hydrogen-bond acceptors (Lipinski definition) is 2. The highest BCUT2D eigenvalue weighted by molar-refractivity contribution is 9.10. The summed E-state index contributed by atoms with van der Waals surface area (Å²) in [6.45, 7) is 1.94. The van der Waals surface area contributed by atoms with Gasteiger partial charge >= 0.3 is 0 Å². The number of nitrogen functional groups attached to an aromatic ring is 1. The topological polar surface area (TPSA) is 55.1 Å². The highest BCUT2D eigenvalue weighted by Crippen LogP contribution is 2.30. The standard InChI is InChI=1S/C15H14BrClN2O/c1-9-6-12(16)15(13(18)7-9)19-14(20)8-10-2-4-11(17)5-3-10/h2-7H,8,18H2,1H3,(H,19,20). The van der Waals surface area contributed by atoms with Crippen LogP contribution in [0.5, 0.6) is 0 Å². The molecule has 0 spiro atoms. The molecule has 3 N–H and O–H groups in total. The van der Waals surface area contributed by atoms with Crippen LogP contribution in [-0.4, -0.2) is 5.91 Å². The summed E-state index contributed by atoms with van der Waals surface area (Å²) in [4.78, 5) is 12.0. The van der Waals surface area contributed by atoms with Crippen LogP contribution in [0.15, 0.2) is 40.9 Å². The molecule has 104 valence electrons. The molecule has 0 saturated carbocycles. The number of anilines is 2. The van der Waals surface area contributed by atoms with Crippen molar-refractivity contribution < 1.29 is 4.79 Å². The Morgan fingerprint density at radius 2 is 1.95 bits per heavy atom. The SMILES string of the molecule is Cc1cc(N)c(NC(=O)Cc2ccc(Cl)cc2)c(Br)c1. The van der Waals surface area contributed by atoms with Crippen molar-refractivity contribution in [2.75, 3.05) is 11.1 Å². The third-order valence-electron chi connectivity index (χ3n) is 2.81. The van der Waals surface area contributed by atoms with Crippen LogP contribution in [0.3, 0.4) is 0 Å². The summed E-state index contributed by atoms with van der Waals surface area (Å²) in [7, 11) is 0. The number of nitrogens with one attached hydrogen (secondary N) is 1. The van der Waals surface area contributed by atoms with Crippen molar-refractivity contribution in [1.29, 1.82) is 0 Å². The first-order valence-electron chi connectivity index (χ1n) is 6.05. The number of carbonyl (C=O) groups excluding carboxylic acids is 1. The van der Waals surface area contributed by atoms with Gasteiger partial charge in [-0.1, -0.05) is 23.7 Å². The maximum Gasteiger partial charge on any atom is 0.228 e. The van der Waals surface area contributed by atoms with Gasteiger partial charge in [0.25, 0.3) is 0 Å². The third kappa shape index (κ3) is 3.74. The molecule has 2 rings (SSSR count).